The van der Waals surface area contributed by atoms with Gasteiger partial charge in [-0.05, 0) is 50.0 Å². The van der Waals surface area contributed by atoms with Gasteiger partial charge in [0.2, 0.25) is 10.0 Å². The fourth-order valence-electron chi connectivity index (χ4n) is 2.91. The minimum Gasteiger partial charge on any atom is -0.399 e. The molecule has 1 fully saturated rings. The first-order valence-corrected chi connectivity index (χ1v) is 8.82. The summed E-state index contributed by atoms with van der Waals surface area (Å²) < 4.78 is 27.1. The van der Waals surface area contributed by atoms with Crippen LogP contribution in [0.4, 0.5) is 5.69 Å². The number of rotatable bonds is 5. The van der Waals surface area contributed by atoms with Gasteiger partial charge in [-0.1, -0.05) is 13.0 Å². The molecule has 0 aliphatic carbocycles. The number of nitrogens with zero attached hydrogens (tertiary/aromatic N) is 2. The number of sulfonamides is 1. The van der Waals surface area contributed by atoms with Crippen LogP contribution in [0.25, 0.3) is 0 Å². The van der Waals surface area contributed by atoms with Crippen molar-refractivity contribution in [1.82, 2.24) is 9.21 Å². The largest absolute Gasteiger partial charge is 0.399 e. The second kappa shape index (κ2) is 6.34. The Morgan fingerprint density at radius 3 is 2.71 bits per heavy atom. The average molecular weight is 311 g/mol. The minimum atomic E-state index is -3.47. The molecule has 2 N–H and O–H groups in total. The van der Waals surface area contributed by atoms with Crippen molar-refractivity contribution in [3.05, 3.63) is 23.8 Å². The predicted octanol–water partition coefficient (Wildman–Crippen LogP) is 1.40. The van der Waals surface area contributed by atoms with Crippen molar-refractivity contribution in [3.8, 4) is 0 Å². The van der Waals surface area contributed by atoms with Gasteiger partial charge in [-0.25, -0.2) is 12.7 Å². The molecule has 1 aromatic rings. The van der Waals surface area contributed by atoms with Crippen LogP contribution >= 0.6 is 0 Å². The van der Waals surface area contributed by atoms with Gasteiger partial charge in [0, 0.05) is 25.8 Å². The smallest absolute Gasteiger partial charge is 0.243 e. The maximum Gasteiger partial charge on any atom is 0.243 e. The average Bonchev–Trinajstić information content (AvgIpc) is 2.84. The highest BCUT2D eigenvalue weighted by Gasteiger charge is 2.28. The summed E-state index contributed by atoms with van der Waals surface area (Å²) in [5.74, 6) is 0.404. The van der Waals surface area contributed by atoms with E-state index in [2.05, 4.69) is 11.9 Å². The summed E-state index contributed by atoms with van der Waals surface area (Å²) in [5, 5.41) is 0. The lowest BCUT2D eigenvalue weighted by Crippen LogP contribution is -2.33. The summed E-state index contributed by atoms with van der Waals surface area (Å²) in [6, 6.07) is 5.13. The lowest BCUT2D eigenvalue weighted by Gasteiger charge is -2.22. The second-order valence-corrected chi connectivity index (χ2v) is 7.94. The molecule has 1 saturated heterocycles. The molecule has 0 saturated carbocycles. The number of anilines is 1. The minimum absolute atomic E-state index is 0.346. The van der Waals surface area contributed by atoms with Crippen molar-refractivity contribution in [2.45, 2.75) is 24.7 Å². The van der Waals surface area contributed by atoms with Gasteiger partial charge in [-0.15, -0.1) is 0 Å². The third-order valence-corrected chi connectivity index (χ3v) is 6.07. The van der Waals surface area contributed by atoms with Crippen molar-refractivity contribution >= 4 is 15.7 Å². The molecule has 2 rings (SSSR count). The van der Waals surface area contributed by atoms with Crippen molar-refractivity contribution in [3.63, 3.8) is 0 Å². The Kier molecular flexibility index (Phi) is 4.91. The first-order chi connectivity index (χ1) is 9.84. The molecule has 1 heterocycles. The van der Waals surface area contributed by atoms with Gasteiger partial charge in [-0.3, -0.25) is 0 Å². The fourth-order valence-corrected chi connectivity index (χ4v) is 4.48. The number of hydrogen-bond donors (Lipinski definition) is 1. The van der Waals surface area contributed by atoms with Gasteiger partial charge in [-0.2, -0.15) is 0 Å². The topological polar surface area (TPSA) is 66.6 Å². The maximum absolute atomic E-state index is 12.8. The summed E-state index contributed by atoms with van der Waals surface area (Å²) in [6.45, 7) is 4.51. The molecule has 118 valence electrons. The molecule has 0 spiro atoms. The van der Waals surface area contributed by atoms with Gasteiger partial charge in [0.25, 0.3) is 0 Å². The van der Waals surface area contributed by atoms with Crippen molar-refractivity contribution in [2.75, 3.05) is 39.5 Å². The number of nitrogens with two attached hydrogens (primary N) is 1. The highest BCUT2D eigenvalue weighted by atomic mass is 32.2. The Bertz CT molecular complexity index is 601. The number of hydrogen-bond acceptors (Lipinski definition) is 4. The van der Waals surface area contributed by atoms with Crippen LogP contribution in [0, 0.1) is 5.92 Å². The first-order valence-electron chi connectivity index (χ1n) is 7.38. The van der Waals surface area contributed by atoms with Gasteiger partial charge < -0.3 is 10.6 Å². The Morgan fingerprint density at radius 1 is 1.43 bits per heavy atom. The van der Waals surface area contributed by atoms with E-state index < -0.39 is 10.0 Å². The molecule has 1 aromatic carbocycles. The summed E-state index contributed by atoms with van der Waals surface area (Å²) in [6.07, 6.45) is 1.72. The van der Waals surface area contributed by atoms with Crippen molar-refractivity contribution in [1.29, 1.82) is 0 Å². The molecule has 0 aromatic heterocycles. The number of benzene rings is 1. The highest BCUT2D eigenvalue weighted by molar-refractivity contribution is 7.89. The zero-order valence-electron chi connectivity index (χ0n) is 13.0. The normalized spacial score (nSPS) is 20.3. The molecule has 6 heteroatoms. The molecule has 0 bridgehead atoms. The fraction of sp³-hybridized carbons (Fsp3) is 0.600. The van der Waals surface area contributed by atoms with Crippen LogP contribution in [0.5, 0.6) is 0 Å². The van der Waals surface area contributed by atoms with E-state index in [1.54, 1.807) is 25.2 Å². The molecule has 0 radical (unpaired) electrons. The van der Waals surface area contributed by atoms with Crippen LogP contribution < -0.4 is 5.73 Å². The summed E-state index contributed by atoms with van der Waals surface area (Å²) in [7, 11) is 0.260. The zero-order valence-corrected chi connectivity index (χ0v) is 13.9. The second-order valence-electron chi connectivity index (χ2n) is 5.92. The quantitative estimate of drug-likeness (QED) is 0.835. The Balaban J connectivity index is 2.22. The molecule has 0 amide bonds. The van der Waals surface area contributed by atoms with Crippen LogP contribution in [0.2, 0.25) is 0 Å². The van der Waals surface area contributed by atoms with Crippen molar-refractivity contribution in [2.24, 2.45) is 5.92 Å². The molecule has 1 atom stereocenters. The monoisotopic (exact) mass is 311 g/mol. The lowest BCUT2D eigenvalue weighted by molar-refractivity contribution is 0.356. The first kappa shape index (κ1) is 16.3. The maximum atomic E-state index is 12.8. The van der Waals surface area contributed by atoms with Gasteiger partial charge in [0.1, 0.15) is 0 Å². The van der Waals surface area contributed by atoms with Crippen LogP contribution in [0.3, 0.4) is 0 Å². The van der Waals surface area contributed by atoms with Crippen LogP contribution in [-0.4, -0.2) is 51.4 Å². The SMILES string of the molecule is CCc1ccc(N)cc1S(=O)(=O)N(C)CC1CCN(C)C1. The van der Waals surface area contributed by atoms with E-state index in [1.165, 1.54) is 4.31 Å². The van der Waals surface area contributed by atoms with E-state index in [9.17, 15) is 8.42 Å². The Hall–Kier alpha value is -1.11. The molecule has 21 heavy (non-hydrogen) atoms. The summed E-state index contributed by atoms with van der Waals surface area (Å²) >= 11 is 0. The standard InChI is InChI=1S/C15H25N3O2S/c1-4-13-5-6-14(16)9-15(13)21(19,20)18(3)11-12-7-8-17(2)10-12/h5-6,9,12H,4,7-8,10-11,16H2,1-3H3. The van der Waals surface area contributed by atoms with E-state index >= 15 is 0 Å². The third kappa shape index (κ3) is 3.56. The van der Waals surface area contributed by atoms with E-state index in [0.717, 1.165) is 25.1 Å². The Labute approximate surface area is 127 Å². The highest BCUT2D eigenvalue weighted by Crippen LogP contribution is 2.25. The molecule has 1 aliphatic rings. The van der Waals surface area contributed by atoms with E-state index in [-0.39, 0.29) is 0 Å². The van der Waals surface area contributed by atoms with Crippen LogP contribution in [-0.2, 0) is 16.4 Å². The van der Waals surface area contributed by atoms with E-state index in [4.69, 9.17) is 5.73 Å². The Morgan fingerprint density at radius 2 is 2.14 bits per heavy atom. The molecule has 1 aliphatic heterocycles. The molecule has 5 nitrogen and oxygen atoms in total. The van der Waals surface area contributed by atoms with E-state index in [1.807, 2.05) is 6.92 Å². The predicted molar refractivity (Wildman–Crippen MR) is 85.7 cm³/mol. The molecular weight excluding hydrogens is 286 g/mol. The van der Waals surface area contributed by atoms with Crippen molar-refractivity contribution < 1.29 is 8.42 Å². The zero-order chi connectivity index (χ0) is 15.6. The van der Waals surface area contributed by atoms with Gasteiger partial charge >= 0.3 is 0 Å². The lowest BCUT2D eigenvalue weighted by atomic mass is 10.1. The van der Waals surface area contributed by atoms with E-state index in [0.29, 0.717) is 29.5 Å². The summed E-state index contributed by atoms with van der Waals surface area (Å²) in [5.41, 5.74) is 7.08. The van der Waals surface area contributed by atoms with Crippen LogP contribution in [0.15, 0.2) is 23.1 Å². The molecular formula is C15H25N3O2S. The van der Waals surface area contributed by atoms with Gasteiger partial charge in [0.15, 0.2) is 0 Å². The van der Waals surface area contributed by atoms with Crippen LogP contribution in [0.1, 0.15) is 18.9 Å². The molecule has 1 unspecified atom stereocenters. The summed E-state index contributed by atoms with van der Waals surface area (Å²) in [4.78, 5) is 2.59. The number of likely N-dealkylation sites (tertiary alicyclic amines) is 1. The third-order valence-electron chi connectivity index (χ3n) is 4.16. The number of aryl methyl sites for hydroxylation is 1. The number of nitrogen functional groups attached to an aromatic ring is 1. The van der Waals surface area contributed by atoms with Gasteiger partial charge in [0.05, 0.1) is 4.90 Å².